The van der Waals surface area contributed by atoms with Crippen molar-refractivity contribution in [2.45, 2.75) is 57.9 Å². The summed E-state index contributed by atoms with van der Waals surface area (Å²) >= 11 is 11.9. The van der Waals surface area contributed by atoms with Crippen molar-refractivity contribution in [2.24, 2.45) is 0 Å². The molecule has 0 bridgehead atoms. The Hall–Kier alpha value is -1.29. The molecular weight excluding hydrogens is 415 g/mol. The predicted octanol–water partition coefficient (Wildman–Crippen LogP) is 2.65. The van der Waals surface area contributed by atoms with Crippen LogP contribution in [-0.4, -0.2) is 65.7 Å². The first kappa shape index (κ1) is 23.0. The first-order valence-corrected chi connectivity index (χ1v) is 9.55. The minimum atomic E-state index is -1.25. The number of halogens is 2. The molecule has 1 aromatic rings. The molecule has 1 fully saturated rings. The fourth-order valence-corrected chi connectivity index (χ4v) is 3.71. The van der Waals surface area contributed by atoms with Gasteiger partial charge in [-0.15, -0.1) is 0 Å². The molecule has 0 saturated carbocycles. The average molecular weight is 439 g/mol. The SMILES string of the molecule is CCO[C@@H]1O[C@H](C)[C@@H](OC(=O)c2c(O)c(Cl)c(O)c(Cl)c2CC)[C@H](O)[C@@H]1OC. The van der Waals surface area contributed by atoms with E-state index in [2.05, 4.69) is 0 Å². The van der Waals surface area contributed by atoms with Crippen LogP contribution in [0, 0.1) is 0 Å². The van der Waals surface area contributed by atoms with Crippen molar-refractivity contribution in [3.63, 3.8) is 0 Å². The molecule has 0 radical (unpaired) electrons. The van der Waals surface area contributed by atoms with Crippen LogP contribution < -0.4 is 0 Å². The number of hydrogen-bond acceptors (Lipinski definition) is 8. The summed E-state index contributed by atoms with van der Waals surface area (Å²) in [6, 6.07) is 0. The number of phenols is 2. The molecule has 5 atom stereocenters. The van der Waals surface area contributed by atoms with Crippen LogP contribution in [0.5, 0.6) is 11.5 Å². The van der Waals surface area contributed by atoms with Crippen LogP contribution >= 0.6 is 23.2 Å². The van der Waals surface area contributed by atoms with Gasteiger partial charge in [0.1, 0.15) is 22.8 Å². The van der Waals surface area contributed by atoms with Crippen LogP contribution in [0.4, 0.5) is 0 Å². The number of aliphatic hydroxyl groups is 1. The summed E-state index contributed by atoms with van der Waals surface area (Å²) in [5.74, 6) is -2.15. The average Bonchev–Trinajstić information content (AvgIpc) is 2.66. The standard InChI is InChI=1S/C18H24Cl2O8/c1-5-8-9(12(21)11(20)13(22)10(8)19)17(24)28-15-7(3)27-18(26-6-2)16(25-4)14(15)23/h7,14-16,18,21-23H,5-6H2,1-4H3/t7-,14+,15-,16+,18-/m1/s1. The van der Waals surface area contributed by atoms with E-state index in [9.17, 15) is 20.1 Å². The maximum Gasteiger partial charge on any atom is 0.342 e. The first-order valence-electron chi connectivity index (χ1n) is 8.80. The van der Waals surface area contributed by atoms with Crippen LogP contribution in [0.1, 0.15) is 36.7 Å². The molecule has 0 unspecified atom stereocenters. The van der Waals surface area contributed by atoms with Crippen molar-refractivity contribution < 1.29 is 39.1 Å². The summed E-state index contributed by atoms with van der Waals surface area (Å²) in [4.78, 5) is 12.8. The number of ether oxygens (including phenoxy) is 4. The van der Waals surface area contributed by atoms with Gasteiger partial charge in [-0.1, -0.05) is 30.1 Å². The van der Waals surface area contributed by atoms with E-state index in [1.54, 1.807) is 20.8 Å². The number of methoxy groups -OCH3 is 1. The number of benzene rings is 1. The van der Waals surface area contributed by atoms with Gasteiger partial charge in [0.2, 0.25) is 0 Å². The number of carbonyl (C=O) groups is 1. The van der Waals surface area contributed by atoms with Gasteiger partial charge in [-0.25, -0.2) is 4.79 Å². The number of rotatable bonds is 6. The highest BCUT2D eigenvalue weighted by atomic mass is 35.5. The summed E-state index contributed by atoms with van der Waals surface area (Å²) in [5, 5.41) is 30.2. The van der Waals surface area contributed by atoms with Gasteiger partial charge in [-0.2, -0.15) is 0 Å². The lowest BCUT2D eigenvalue weighted by atomic mass is 9.98. The van der Waals surface area contributed by atoms with Crippen molar-refractivity contribution in [1.82, 2.24) is 0 Å². The van der Waals surface area contributed by atoms with Gasteiger partial charge in [0.25, 0.3) is 0 Å². The van der Waals surface area contributed by atoms with Crippen molar-refractivity contribution in [2.75, 3.05) is 13.7 Å². The van der Waals surface area contributed by atoms with Crippen LogP contribution in [0.2, 0.25) is 10.0 Å². The number of aliphatic hydroxyl groups excluding tert-OH is 1. The Morgan fingerprint density at radius 2 is 1.79 bits per heavy atom. The Kier molecular flexibility index (Phi) is 7.78. The van der Waals surface area contributed by atoms with Crippen LogP contribution in [0.3, 0.4) is 0 Å². The van der Waals surface area contributed by atoms with Gasteiger partial charge in [0.15, 0.2) is 23.9 Å². The van der Waals surface area contributed by atoms with E-state index in [0.29, 0.717) is 6.61 Å². The second-order valence-corrected chi connectivity index (χ2v) is 7.01. The molecule has 1 aromatic carbocycles. The number of aromatic hydroxyl groups is 2. The third kappa shape index (κ3) is 4.17. The third-order valence-electron chi connectivity index (χ3n) is 4.58. The Balaban J connectivity index is 2.35. The molecular formula is C18H24Cl2O8. The molecule has 0 spiro atoms. The number of carbonyl (C=O) groups excluding carboxylic acids is 1. The molecule has 158 valence electrons. The summed E-state index contributed by atoms with van der Waals surface area (Å²) < 4.78 is 21.7. The molecule has 1 aliphatic heterocycles. The minimum absolute atomic E-state index is 0.156. The smallest absolute Gasteiger partial charge is 0.342 e. The van der Waals surface area contributed by atoms with Gasteiger partial charge >= 0.3 is 5.97 Å². The highest BCUT2D eigenvalue weighted by Gasteiger charge is 2.47. The fraction of sp³-hybridized carbons (Fsp3) is 0.611. The molecule has 1 heterocycles. The monoisotopic (exact) mass is 438 g/mol. The second kappa shape index (κ2) is 9.47. The molecule has 28 heavy (non-hydrogen) atoms. The highest BCUT2D eigenvalue weighted by molar-refractivity contribution is 6.39. The fourth-order valence-electron chi connectivity index (χ4n) is 3.15. The Morgan fingerprint density at radius 3 is 2.32 bits per heavy atom. The predicted molar refractivity (Wildman–Crippen MR) is 101 cm³/mol. The van der Waals surface area contributed by atoms with E-state index in [1.165, 1.54) is 7.11 Å². The van der Waals surface area contributed by atoms with Gasteiger partial charge in [-0.3, -0.25) is 0 Å². The van der Waals surface area contributed by atoms with E-state index >= 15 is 0 Å². The molecule has 1 aliphatic rings. The van der Waals surface area contributed by atoms with Crippen LogP contribution in [0.25, 0.3) is 0 Å². The van der Waals surface area contributed by atoms with Gasteiger partial charge < -0.3 is 34.3 Å². The molecule has 1 saturated heterocycles. The molecule has 10 heteroatoms. The third-order valence-corrected chi connectivity index (χ3v) is 5.35. The van der Waals surface area contributed by atoms with E-state index in [-0.39, 0.29) is 22.6 Å². The number of phenolic OH excluding ortho intramolecular Hbond substituents is 2. The lowest BCUT2D eigenvalue weighted by molar-refractivity contribution is -0.296. The maximum absolute atomic E-state index is 12.8. The maximum atomic E-state index is 12.8. The minimum Gasteiger partial charge on any atom is -0.505 e. The summed E-state index contributed by atoms with van der Waals surface area (Å²) in [6.07, 6.45) is -4.58. The molecule has 0 aromatic heterocycles. The Morgan fingerprint density at radius 1 is 1.14 bits per heavy atom. The molecule has 0 amide bonds. The van der Waals surface area contributed by atoms with Crippen LogP contribution in [-0.2, 0) is 25.4 Å². The van der Waals surface area contributed by atoms with Gasteiger partial charge in [0, 0.05) is 13.7 Å². The summed E-state index contributed by atoms with van der Waals surface area (Å²) in [7, 11) is 1.37. The van der Waals surface area contributed by atoms with E-state index < -0.39 is 53.2 Å². The van der Waals surface area contributed by atoms with E-state index in [4.69, 9.17) is 42.1 Å². The molecule has 8 nitrogen and oxygen atoms in total. The molecule has 2 rings (SSSR count). The molecule has 0 aliphatic carbocycles. The lowest BCUT2D eigenvalue weighted by Gasteiger charge is -2.42. The zero-order chi connectivity index (χ0) is 21.2. The Bertz CT molecular complexity index is 726. The summed E-state index contributed by atoms with van der Waals surface area (Å²) in [6.45, 7) is 5.40. The first-order chi connectivity index (χ1) is 13.2. The molecule has 3 N–H and O–H groups in total. The Labute approximate surface area is 172 Å². The topological polar surface area (TPSA) is 115 Å². The van der Waals surface area contributed by atoms with E-state index in [1.807, 2.05) is 0 Å². The number of esters is 1. The summed E-state index contributed by atoms with van der Waals surface area (Å²) in [5.41, 5.74) is -0.115. The lowest BCUT2D eigenvalue weighted by Crippen LogP contribution is -2.59. The largest absolute Gasteiger partial charge is 0.505 e. The van der Waals surface area contributed by atoms with Gasteiger partial charge in [-0.05, 0) is 25.8 Å². The van der Waals surface area contributed by atoms with Crippen molar-refractivity contribution in [3.05, 3.63) is 21.2 Å². The zero-order valence-electron chi connectivity index (χ0n) is 15.9. The highest BCUT2D eigenvalue weighted by Crippen LogP contribution is 2.45. The second-order valence-electron chi connectivity index (χ2n) is 6.26. The van der Waals surface area contributed by atoms with Crippen molar-refractivity contribution in [3.8, 4) is 11.5 Å². The van der Waals surface area contributed by atoms with E-state index in [0.717, 1.165) is 0 Å². The van der Waals surface area contributed by atoms with Crippen molar-refractivity contribution in [1.29, 1.82) is 0 Å². The quantitative estimate of drug-likeness (QED) is 0.580. The number of hydrogen-bond donors (Lipinski definition) is 3. The normalized spacial score (nSPS) is 27.6. The van der Waals surface area contributed by atoms with Gasteiger partial charge in [0.05, 0.1) is 11.1 Å². The van der Waals surface area contributed by atoms with Crippen molar-refractivity contribution >= 4 is 29.2 Å². The van der Waals surface area contributed by atoms with Crippen LogP contribution in [0.15, 0.2) is 0 Å². The zero-order valence-corrected chi connectivity index (χ0v) is 17.5.